The average Bonchev–Trinajstić information content (AvgIpc) is 3.05. The van der Waals surface area contributed by atoms with Crippen LogP contribution in [0.4, 0.5) is 4.39 Å². The van der Waals surface area contributed by atoms with Crippen molar-refractivity contribution in [3.8, 4) is 0 Å². The lowest BCUT2D eigenvalue weighted by Gasteiger charge is -2.31. The van der Waals surface area contributed by atoms with Gasteiger partial charge in [-0.2, -0.15) is 0 Å². The third kappa shape index (κ3) is 2.76. The Kier molecular flexibility index (Phi) is 3.95. The Hall–Kier alpha value is -2.39. The van der Waals surface area contributed by atoms with Crippen LogP contribution in [0.2, 0.25) is 0 Å². The zero-order valence-electron chi connectivity index (χ0n) is 13.6. The van der Waals surface area contributed by atoms with E-state index in [1.54, 1.807) is 12.3 Å². The average molecular weight is 321 g/mol. The first-order valence-electron chi connectivity index (χ1n) is 8.37. The predicted octanol–water partition coefficient (Wildman–Crippen LogP) is 4.81. The first kappa shape index (κ1) is 15.2. The van der Waals surface area contributed by atoms with Crippen molar-refractivity contribution >= 4 is 16.5 Å². The molecule has 1 aliphatic rings. The van der Waals surface area contributed by atoms with Crippen LogP contribution in [0, 0.1) is 11.7 Å². The Bertz CT molecular complexity index is 881. The van der Waals surface area contributed by atoms with Crippen molar-refractivity contribution in [3.05, 3.63) is 77.8 Å². The van der Waals surface area contributed by atoms with Crippen LogP contribution in [0.3, 0.4) is 0 Å². The molecule has 0 saturated carbocycles. The standard InChI is InChI=1S/C21H20FNO/c1-14-18(19-13-17(22)12-16-8-10-24-21(16)19)7-9-23-20(14)11-15-5-3-2-4-6-15/h2-8,10,12-14,20,23H,9,11H2,1H3. The molecule has 2 unspecified atom stereocenters. The third-order valence-corrected chi connectivity index (χ3v) is 4.92. The van der Waals surface area contributed by atoms with Crippen molar-refractivity contribution in [2.75, 3.05) is 6.54 Å². The summed E-state index contributed by atoms with van der Waals surface area (Å²) in [6, 6.07) is 15.7. The van der Waals surface area contributed by atoms with Crippen molar-refractivity contribution in [3.63, 3.8) is 0 Å². The molecule has 0 radical (unpaired) electrons. The van der Waals surface area contributed by atoms with Crippen LogP contribution < -0.4 is 5.32 Å². The molecule has 0 fully saturated rings. The van der Waals surface area contributed by atoms with Crippen LogP contribution in [-0.4, -0.2) is 12.6 Å². The van der Waals surface area contributed by atoms with Gasteiger partial charge in [0.2, 0.25) is 0 Å². The van der Waals surface area contributed by atoms with Crippen molar-refractivity contribution in [2.24, 2.45) is 5.92 Å². The zero-order chi connectivity index (χ0) is 16.5. The summed E-state index contributed by atoms with van der Waals surface area (Å²) < 4.78 is 19.6. The van der Waals surface area contributed by atoms with Gasteiger partial charge in [0.25, 0.3) is 0 Å². The number of rotatable bonds is 3. The molecular weight excluding hydrogens is 301 g/mol. The fraction of sp³-hybridized carbons (Fsp3) is 0.238. The number of nitrogens with one attached hydrogen (secondary N) is 1. The van der Waals surface area contributed by atoms with E-state index in [2.05, 4.69) is 42.6 Å². The van der Waals surface area contributed by atoms with Crippen LogP contribution in [-0.2, 0) is 6.42 Å². The Balaban J connectivity index is 1.68. The SMILES string of the molecule is CC1C(c2cc(F)cc3ccoc23)=CCNC1Cc1ccccc1. The number of furan rings is 1. The summed E-state index contributed by atoms with van der Waals surface area (Å²) in [6.07, 6.45) is 4.74. The fourth-order valence-corrected chi connectivity index (χ4v) is 3.63. The lowest BCUT2D eigenvalue weighted by atomic mass is 9.82. The number of halogens is 1. The summed E-state index contributed by atoms with van der Waals surface area (Å²) in [5.41, 5.74) is 4.12. The molecule has 122 valence electrons. The molecule has 3 heteroatoms. The summed E-state index contributed by atoms with van der Waals surface area (Å²) in [4.78, 5) is 0. The molecule has 1 aliphatic heterocycles. The first-order valence-corrected chi connectivity index (χ1v) is 8.37. The Labute approximate surface area is 141 Å². The van der Waals surface area contributed by atoms with E-state index >= 15 is 0 Å². The molecule has 2 nitrogen and oxygen atoms in total. The largest absolute Gasteiger partial charge is 0.464 e. The summed E-state index contributed by atoms with van der Waals surface area (Å²) in [7, 11) is 0. The van der Waals surface area contributed by atoms with Gasteiger partial charge < -0.3 is 9.73 Å². The molecule has 3 aromatic rings. The zero-order valence-corrected chi connectivity index (χ0v) is 13.6. The summed E-state index contributed by atoms with van der Waals surface area (Å²) in [6.45, 7) is 2.99. The number of hydrogen-bond acceptors (Lipinski definition) is 2. The van der Waals surface area contributed by atoms with Gasteiger partial charge in [-0.1, -0.05) is 43.3 Å². The van der Waals surface area contributed by atoms with Gasteiger partial charge in [0.05, 0.1) is 6.26 Å². The Morgan fingerprint density at radius 2 is 2.00 bits per heavy atom. The van der Waals surface area contributed by atoms with Gasteiger partial charge in [-0.05, 0) is 41.7 Å². The van der Waals surface area contributed by atoms with Gasteiger partial charge in [0.15, 0.2) is 0 Å². The van der Waals surface area contributed by atoms with Gasteiger partial charge in [-0.3, -0.25) is 0 Å². The maximum absolute atomic E-state index is 14.0. The second kappa shape index (κ2) is 6.25. The van der Waals surface area contributed by atoms with Crippen molar-refractivity contribution in [2.45, 2.75) is 19.4 Å². The molecule has 2 heterocycles. The highest BCUT2D eigenvalue weighted by Crippen LogP contribution is 2.35. The Morgan fingerprint density at radius 3 is 2.83 bits per heavy atom. The summed E-state index contributed by atoms with van der Waals surface area (Å²) in [5.74, 6) is 0.0548. The van der Waals surface area contributed by atoms with Crippen LogP contribution in [0.5, 0.6) is 0 Å². The second-order valence-corrected chi connectivity index (χ2v) is 6.44. The molecule has 4 rings (SSSR count). The molecular formula is C21H20FNO. The lowest BCUT2D eigenvalue weighted by Crippen LogP contribution is -2.40. The maximum Gasteiger partial charge on any atom is 0.141 e. The highest BCUT2D eigenvalue weighted by atomic mass is 19.1. The number of hydrogen-bond donors (Lipinski definition) is 1. The number of fused-ring (bicyclic) bond motifs is 1. The van der Waals surface area contributed by atoms with Crippen LogP contribution in [0.1, 0.15) is 18.1 Å². The maximum atomic E-state index is 14.0. The van der Waals surface area contributed by atoms with Gasteiger partial charge >= 0.3 is 0 Å². The first-order chi connectivity index (χ1) is 11.7. The minimum atomic E-state index is -0.217. The Morgan fingerprint density at radius 1 is 1.17 bits per heavy atom. The van der Waals surface area contributed by atoms with Crippen molar-refractivity contribution in [1.82, 2.24) is 5.32 Å². The molecule has 1 aromatic heterocycles. The van der Waals surface area contributed by atoms with E-state index in [9.17, 15) is 4.39 Å². The number of benzene rings is 2. The van der Waals surface area contributed by atoms with Crippen LogP contribution in [0.15, 0.2) is 65.3 Å². The van der Waals surface area contributed by atoms with E-state index in [0.717, 1.165) is 35.1 Å². The van der Waals surface area contributed by atoms with E-state index in [1.165, 1.54) is 11.6 Å². The van der Waals surface area contributed by atoms with Gasteiger partial charge in [0, 0.05) is 23.5 Å². The molecule has 0 aliphatic carbocycles. The lowest BCUT2D eigenvalue weighted by molar-refractivity contribution is 0.438. The highest BCUT2D eigenvalue weighted by molar-refractivity contribution is 5.90. The quantitative estimate of drug-likeness (QED) is 0.749. The normalized spacial score (nSPS) is 21.0. The molecule has 0 saturated heterocycles. The third-order valence-electron chi connectivity index (χ3n) is 4.92. The second-order valence-electron chi connectivity index (χ2n) is 6.44. The van der Waals surface area contributed by atoms with Gasteiger partial charge in [0.1, 0.15) is 11.4 Å². The topological polar surface area (TPSA) is 25.2 Å². The van der Waals surface area contributed by atoms with Crippen molar-refractivity contribution in [1.29, 1.82) is 0 Å². The van der Waals surface area contributed by atoms with Gasteiger partial charge in [-0.25, -0.2) is 4.39 Å². The minimum Gasteiger partial charge on any atom is -0.464 e. The molecule has 0 bridgehead atoms. The van der Waals surface area contributed by atoms with Gasteiger partial charge in [-0.15, -0.1) is 0 Å². The summed E-state index contributed by atoms with van der Waals surface area (Å²) >= 11 is 0. The van der Waals surface area contributed by atoms with E-state index < -0.39 is 0 Å². The molecule has 0 spiro atoms. The van der Waals surface area contributed by atoms with E-state index in [0.29, 0.717) is 6.04 Å². The van der Waals surface area contributed by atoms with E-state index in [1.807, 2.05) is 12.1 Å². The smallest absolute Gasteiger partial charge is 0.141 e. The predicted molar refractivity (Wildman–Crippen MR) is 95.2 cm³/mol. The molecule has 0 amide bonds. The molecule has 24 heavy (non-hydrogen) atoms. The molecule has 2 atom stereocenters. The van der Waals surface area contributed by atoms with E-state index in [4.69, 9.17) is 4.42 Å². The monoisotopic (exact) mass is 321 g/mol. The fourth-order valence-electron chi connectivity index (χ4n) is 3.63. The van der Waals surface area contributed by atoms with Crippen molar-refractivity contribution < 1.29 is 8.81 Å². The molecule has 2 aromatic carbocycles. The van der Waals surface area contributed by atoms with Crippen LogP contribution >= 0.6 is 0 Å². The van der Waals surface area contributed by atoms with Crippen LogP contribution in [0.25, 0.3) is 16.5 Å². The molecule has 1 N–H and O–H groups in total. The highest BCUT2D eigenvalue weighted by Gasteiger charge is 2.26. The minimum absolute atomic E-state index is 0.217. The van der Waals surface area contributed by atoms with E-state index in [-0.39, 0.29) is 11.7 Å². The summed E-state index contributed by atoms with van der Waals surface area (Å²) in [5, 5.41) is 4.39.